The average molecular weight is 348 g/mol. The van der Waals surface area contributed by atoms with Crippen LogP contribution in [0, 0.1) is 5.92 Å². The van der Waals surface area contributed by atoms with Crippen LogP contribution in [0.15, 0.2) is 23.2 Å². The Kier molecular flexibility index (Phi) is 2.76. The zero-order valence-electron chi connectivity index (χ0n) is 10.1. The zero-order chi connectivity index (χ0) is 12.0. The number of hydrogen-bond acceptors (Lipinski definition) is 5. The highest BCUT2D eigenvalue weighted by Crippen LogP contribution is 2.36. The van der Waals surface area contributed by atoms with Crippen LogP contribution < -0.4 is 10.6 Å². The maximum Gasteiger partial charge on any atom is 0.235 e. The molecule has 0 saturated heterocycles. The molecule has 1 atom stereocenters. The lowest BCUT2D eigenvalue weighted by atomic mass is 9.98. The topological polar surface area (TPSA) is 39.8 Å². The first-order valence-corrected chi connectivity index (χ1v) is 6.94. The van der Waals surface area contributed by atoms with Gasteiger partial charge in [0.1, 0.15) is 12.4 Å². The van der Waals surface area contributed by atoms with Crippen LogP contribution >= 0.6 is 22.9 Å². The van der Waals surface area contributed by atoms with Crippen molar-refractivity contribution in [2.45, 2.75) is 13.3 Å². The van der Waals surface area contributed by atoms with Gasteiger partial charge in [0.05, 0.1) is 35.1 Å². The summed E-state index contributed by atoms with van der Waals surface area (Å²) in [5.41, 5.74) is 1.33. The first-order chi connectivity index (χ1) is 8.18. The van der Waals surface area contributed by atoms with Crippen LogP contribution in [0.3, 0.4) is 0 Å². The molecule has 17 heavy (non-hydrogen) atoms. The van der Waals surface area contributed by atoms with E-state index in [0.29, 0.717) is 5.92 Å². The van der Waals surface area contributed by atoms with Crippen LogP contribution in [0.2, 0.25) is 0 Å². The molecular weight excluding hydrogens is 331 g/mol. The maximum absolute atomic E-state index is 5.75. The van der Waals surface area contributed by atoms with Gasteiger partial charge < -0.3 is 20.3 Å². The summed E-state index contributed by atoms with van der Waals surface area (Å²) in [6.45, 7) is 4.96. The third-order valence-electron chi connectivity index (χ3n) is 3.48. The monoisotopic (exact) mass is 348 g/mol. The van der Waals surface area contributed by atoms with E-state index in [1.165, 1.54) is 17.9 Å². The SMILES string of the molecule is CC1CCN(I)C2=C1N(C)C1=C(NCCO1)N2. The van der Waals surface area contributed by atoms with Gasteiger partial charge in [-0.15, -0.1) is 0 Å². The van der Waals surface area contributed by atoms with Crippen molar-refractivity contribution in [3.63, 3.8) is 0 Å². The van der Waals surface area contributed by atoms with E-state index in [1.54, 1.807) is 0 Å². The molecule has 1 unspecified atom stereocenters. The molecule has 3 aliphatic heterocycles. The molecule has 94 valence electrons. The van der Waals surface area contributed by atoms with E-state index in [1.807, 2.05) is 0 Å². The molecule has 0 aromatic rings. The number of nitrogens with one attached hydrogen (secondary N) is 2. The van der Waals surface area contributed by atoms with Gasteiger partial charge in [0.2, 0.25) is 5.88 Å². The summed E-state index contributed by atoms with van der Waals surface area (Å²) in [6.07, 6.45) is 1.18. The highest BCUT2D eigenvalue weighted by molar-refractivity contribution is 14.1. The summed E-state index contributed by atoms with van der Waals surface area (Å²) < 4.78 is 8.01. The van der Waals surface area contributed by atoms with E-state index in [4.69, 9.17) is 4.74 Å². The van der Waals surface area contributed by atoms with Crippen LogP contribution in [0.1, 0.15) is 13.3 Å². The Labute approximate surface area is 115 Å². The smallest absolute Gasteiger partial charge is 0.235 e. The molecule has 0 aliphatic carbocycles. The molecule has 3 aliphatic rings. The Balaban J connectivity index is 1.99. The standard InChI is InChI=1S/C11H17IN4O/c1-7-3-5-16(12)10-8(7)15(2)11-9(14-10)13-4-6-17-11/h7,13-14H,3-6H2,1-2H3. The van der Waals surface area contributed by atoms with Gasteiger partial charge in [-0.05, 0) is 6.42 Å². The number of ether oxygens (including phenoxy) is 1. The van der Waals surface area contributed by atoms with E-state index < -0.39 is 0 Å². The van der Waals surface area contributed by atoms with Crippen LogP contribution in [-0.4, -0.2) is 34.8 Å². The van der Waals surface area contributed by atoms with Crippen LogP contribution in [0.25, 0.3) is 0 Å². The first-order valence-electron chi connectivity index (χ1n) is 5.97. The number of allylic oxidation sites excluding steroid dienone is 1. The van der Waals surface area contributed by atoms with E-state index in [9.17, 15) is 0 Å². The third-order valence-corrected chi connectivity index (χ3v) is 4.44. The van der Waals surface area contributed by atoms with Gasteiger partial charge in [0, 0.05) is 19.5 Å². The zero-order valence-corrected chi connectivity index (χ0v) is 12.2. The number of halogens is 1. The second kappa shape index (κ2) is 4.15. The lowest BCUT2D eigenvalue weighted by Gasteiger charge is -2.43. The molecule has 0 aromatic carbocycles. The highest BCUT2D eigenvalue weighted by Gasteiger charge is 2.35. The highest BCUT2D eigenvalue weighted by atomic mass is 127. The summed E-state index contributed by atoms with van der Waals surface area (Å²) in [4.78, 5) is 2.18. The van der Waals surface area contributed by atoms with E-state index >= 15 is 0 Å². The molecule has 0 spiro atoms. The van der Waals surface area contributed by atoms with Crippen molar-refractivity contribution in [3.05, 3.63) is 23.2 Å². The maximum atomic E-state index is 5.75. The minimum Gasteiger partial charge on any atom is -0.474 e. The Hall–Kier alpha value is -0.790. The van der Waals surface area contributed by atoms with Crippen molar-refractivity contribution in [1.82, 2.24) is 18.6 Å². The number of rotatable bonds is 0. The molecule has 3 heterocycles. The van der Waals surface area contributed by atoms with Crippen molar-refractivity contribution in [2.24, 2.45) is 5.92 Å². The summed E-state index contributed by atoms with van der Waals surface area (Å²) >= 11 is 2.37. The molecule has 0 aromatic heterocycles. The molecule has 0 radical (unpaired) electrons. The number of hydrogen-bond donors (Lipinski definition) is 2. The van der Waals surface area contributed by atoms with Gasteiger partial charge >= 0.3 is 0 Å². The lowest BCUT2D eigenvalue weighted by molar-refractivity contribution is 0.103. The molecule has 2 N–H and O–H groups in total. The van der Waals surface area contributed by atoms with Crippen molar-refractivity contribution >= 4 is 22.9 Å². The average Bonchev–Trinajstić information content (AvgIpc) is 2.34. The third kappa shape index (κ3) is 1.73. The first kappa shape index (κ1) is 11.3. The van der Waals surface area contributed by atoms with Crippen LogP contribution in [0.4, 0.5) is 0 Å². The Bertz CT molecular complexity index is 406. The van der Waals surface area contributed by atoms with E-state index in [0.717, 1.165) is 31.4 Å². The van der Waals surface area contributed by atoms with Crippen molar-refractivity contribution in [1.29, 1.82) is 0 Å². The molecule has 0 amide bonds. The number of nitrogens with zero attached hydrogens (tertiary/aromatic N) is 2. The fourth-order valence-corrected chi connectivity index (χ4v) is 3.24. The molecular formula is C11H17IN4O. The van der Waals surface area contributed by atoms with Crippen molar-refractivity contribution in [2.75, 3.05) is 26.7 Å². The second-order valence-corrected chi connectivity index (χ2v) is 5.81. The summed E-state index contributed by atoms with van der Waals surface area (Å²) in [5.74, 6) is 3.68. The van der Waals surface area contributed by atoms with Crippen molar-refractivity contribution in [3.8, 4) is 0 Å². The molecule has 3 rings (SSSR count). The fraction of sp³-hybridized carbons (Fsp3) is 0.636. The normalized spacial score (nSPS) is 28.1. The molecule has 5 nitrogen and oxygen atoms in total. The van der Waals surface area contributed by atoms with Gasteiger partial charge in [-0.2, -0.15) is 0 Å². The summed E-state index contributed by atoms with van der Waals surface area (Å²) in [5, 5.41) is 6.83. The fourth-order valence-electron chi connectivity index (χ4n) is 2.59. The van der Waals surface area contributed by atoms with Gasteiger partial charge in [-0.1, -0.05) is 6.92 Å². The molecule has 6 heteroatoms. The molecule has 0 fully saturated rings. The quantitative estimate of drug-likeness (QED) is 0.507. The second-order valence-electron chi connectivity index (χ2n) is 4.65. The van der Waals surface area contributed by atoms with Gasteiger partial charge in [0.25, 0.3) is 0 Å². The van der Waals surface area contributed by atoms with Crippen molar-refractivity contribution < 1.29 is 4.74 Å². The van der Waals surface area contributed by atoms with Crippen LogP contribution in [0.5, 0.6) is 0 Å². The van der Waals surface area contributed by atoms with E-state index in [2.05, 4.69) is 55.5 Å². The lowest BCUT2D eigenvalue weighted by Crippen LogP contribution is -2.48. The predicted molar refractivity (Wildman–Crippen MR) is 73.4 cm³/mol. The minimum atomic E-state index is 0.563. The minimum absolute atomic E-state index is 0.563. The Morgan fingerprint density at radius 1 is 1.47 bits per heavy atom. The Morgan fingerprint density at radius 2 is 2.29 bits per heavy atom. The van der Waals surface area contributed by atoms with E-state index in [-0.39, 0.29) is 0 Å². The van der Waals surface area contributed by atoms with Gasteiger partial charge in [-0.25, -0.2) is 0 Å². The van der Waals surface area contributed by atoms with Gasteiger partial charge in [0.15, 0.2) is 5.82 Å². The predicted octanol–water partition coefficient (Wildman–Crippen LogP) is 1.13. The molecule has 0 saturated carbocycles. The summed E-state index contributed by atoms with van der Waals surface area (Å²) in [6, 6.07) is 0. The van der Waals surface area contributed by atoms with Crippen LogP contribution in [-0.2, 0) is 4.74 Å². The molecule has 0 bridgehead atoms. The van der Waals surface area contributed by atoms with Gasteiger partial charge in [-0.3, -0.25) is 3.11 Å². The largest absolute Gasteiger partial charge is 0.474 e. The summed E-state index contributed by atoms with van der Waals surface area (Å²) in [7, 11) is 2.09. The Morgan fingerprint density at radius 3 is 3.12 bits per heavy atom.